The lowest BCUT2D eigenvalue weighted by Crippen LogP contribution is -2.47. The average molecular weight is 228 g/mol. The summed E-state index contributed by atoms with van der Waals surface area (Å²) in [4.78, 5) is 11.8. The smallest absolute Gasteiger partial charge is 0.237 e. The van der Waals surface area contributed by atoms with Crippen LogP contribution < -0.4 is 11.1 Å². The van der Waals surface area contributed by atoms with Crippen molar-refractivity contribution in [2.45, 2.75) is 51.6 Å². The van der Waals surface area contributed by atoms with E-state index in [0.717, 1.165) is 19.3 Å². The Morgan fingerprint density at radius 1 is 1.50 bits per heavy atom. The normalized spacial score (nSPS) is 27.1. The molecule has 4 nitrogen and oxygen atoms in total. The minimum atomic E-state index is -0.417. The van der Waals surface area contributed by atoms with E-state index in [1.54, 1.807) is 0 Å². The largest absolute Gasteiger partial charge is 0.396 e. The van der Waals surface area contributed by atoms with Crippen molar-refractivity contribution >= 4 is 5.91 Å². The fourth-order valence-electron chi connectivity index (χ4n) is 2.35. The predicted molar refractivity (Wildman–Crippen MR) is 63.8 cm³/mol. The molecule has 16 heavy (non-hydrogen) atoms. The highest BCUT2D eigenvalue weighted by molar-refractivity contribution is 5.81. The van der Waals surface area contributed by atoms with Crippen LogP contribution >= 0.6 is 0 Å². The van der Waals surface area contributed by atoms with Crippen LogP contribution in [-0.2, 0) is 4.79 Å². The van der Waals surface area contributed by atoms with Crippen molar-refractivity contribution in [2.24, 2.45) is 17.6 Å². The maximum atomic E-state index is 11.8. The molecular weight excluding hydrogens is 204 g/mol. The molecule has 1 fully saturated rings. The Kier molecular flexibility index (Phi) is 5.22. The summed E-state index contributed by atoms with van der Waals surface area (Å²) < 4.78 is 0. The van der Waals surface area contributed by atoms with Gasteiger partial charge in [-0.25, -0.2) is 0 Å². The summed E-state index contributed by atoms with van der Waals surface area (Å²) in [7, 11) is 0. The van der Waals surface area contributed by atoms with Crippen LogP contribution in [0, 0.1) is 11.8 Å². The third-order valence-corrected chi connectivity index (χ3v) is 3.28. The van der Waals surface area contributed by atoms with Crippen molar-refractivity contribution in [2.75, 3.05) is 6.61 Å². The van der Waals surface area contributed by atoms with Gasteiger partial charge in [-0.1, -0.05) is 20.3 Å². The highest BCUT2D eigenvalue weighted by Gasteiger charge is 2.29. The minimum Gasteiger partial charge on any atom is -0.396 e. The van der Waals surface area contributed by atoms with Crippen molar-refractivity contribution < 1.29 is 9.90 Å². The Morgan fingerprint density at radius 3 is 2.75 bits per heavy atom. The summed E-state index contributed by atoms with van der Waals surface area (Å²) >= 11 is 0. The van der Waals surface area contributed by atoms with Gasteiger partial charge in [0, 0.05) is 18.6 Å². The lowest BCUT2D eigenvalue weighted by atomic mass is 10.0. The number of amides is 1. The van der Waals surface area contributed by atoms with Crippen molar-refractivity contribution in [1.82, 2.24) is 5.32 Å². The van der Waals surface area contributed by atoms with E-state index < -0.39 is 6.04 Å². The number of hydrogen-bond acceptors (Lipinski definition) is 3. The summed E-state index contributed by atoms with van der Waals surface area (Å²) in [6.45, 7) is 4.27. The second kappa shape index (κ2) is 6.21. The zero-order valence-corrected chi connectivity index (χ0v) is 10.3. The van der Waals surface area contributed by atoms with E-state index in [1.165, 1.54) is 0 Å². The molecule has 4 heteroatoms. The molecule has 0 spiro atoms. The maximum absolute atomic E-state index is 11.8. The first-order valence-corrected chi connectivity index (χ1v) is 6.21. The van der Waals surface area contributed by atoms with Gasteiger partial charge in [0.2, 0.25) is 5.91 Å². The van der Waals surface area contributed by atoms with Crippen LogP contribution in [0.5, 0.6) is 0 Å². The maximum Gasteiger partial charge on any atom is 0.237 e. The number of hydrogen-bond donors (Lipinski definition) is 3. The second-order valence-corrected chi connectivity index (χ2v) is 5.22. The number of aliphatic hydroxyl groups excluding tert-OH is 1. The molecule has 1 amide bonds. The Bertz CT molecular complexity index is 231. The van der Waals surface area contributed by atoms with Gasteiger partial charge in [0.1, 0.15) is 0 Å². The van der Waals surface area contributed by atoms with Crippen LogP contribution in [0.4, 0.5) is 0 Å². The van der Waals surface area contributed by atoms with Gasteiger partial charge in [0.15, 0.2) is 0 Å². The molecule has 1 aliphatic carbocycles. The van der Waals surface area contributed by atoms with E-state index >= 15 is 0 Å². The van der Waals surface area contributed by atoms with Crippen LogP contribution in [0.25, 0.3) is 0 Å². The molecule has 0 aromatic carbocycles. The first-order chi connectivity index (χ1) is 7.54. The number of aliphatic hydroxyl groups is 1. The van der Waals surface area contributed by atoms with Gasteiger partial charge in [-0.3, -0.25) is 4.79 Å². The van der Waals surface area contributed by atoms with Crippen molar-refractivity contribution in [1.29, 1.82) is 0 Å². The molecule has 2 unspecified atom stereocenters. The molecule has 1 rings (SSSR count). The topological polar surface area (TPSA) is 75.4 Å². The fourth-order valence-corrected chi connectivity index (χ4v) is 2.35. The zero-order valence-electron chi connectivity index (χ0n) is 10.3. The Labute approximate surface area is 97.6 Å². The average Bonchev–Trinajstić information content (AvgIpc) is 2.64. The monoisotopic (exact) mass is 228 g/mol. The Hall–Kier alpha value is -0.610. The Balaban J connectivity index is 2.38. The van der Waals surface area contributed by atoms with E-state index in [4.69, 9.17) is 10.8 Å². The fraction of sp³-hybridized carbons (Fsp3) is 0.917. The minimum absolute atomic E-state index is 0.0703. The number of carbonyl (C=O) groups excluding carboxylic acids is 1. The molecule has 1 aliphatic rings. The van der Waals surface area contributed by atoms with E-state index in [2.05, 4.69) is 19.2 Å². The van der Waals surface area contributed by atoms with Crippen LogP contribution in [0.2, 0.25) is 0 Å². The lowest BCUT2D eigenvalue weighted by molar-refractivity contribution is -0.123. The predicted octanol–water partition coefficient (Wildman–Crippen LogP) is 0.637. The molecule has 0 aromatic rings. The molecule has 0 heterocycles. The van der Waals surface area contributed by atoms with E-state index in [-0.39, 0.29) is 24.5 Å². The van der Waals surface area contributed by atoms with Crippen molar-refractivity contribution in [3.63, 3.8) is 0 Å². The van der Waals surface area contributed by atoms with Crippen LogP contribution in [0.15, 0.2) is 0 Å². The van der Waals surface area contributed by atoms with Gasteiger partial charge in [-0.2, -0.15) is 0 Å². The summed E-state index contributed by atoms with van der Waals surface area (Å²) in [5.41, 5.74) is 5.81. The first kappa shape index (κ1) is 13.5. The number of nitrogens with one attached hydrogen (secondary N) is 1. The number of nitrogens with two attached hydrogens (primary N) is 1. The third kappa shape index (κ3) is 3.76. The van der Waals surface area contributed by atoms with Gasteiger partial charge in [-0.15, -0.1) is 0 Å². The number of carbonyl (C=O) groups is 1. The summed E-state index contributed by atoms with van der Waals surface area (Å²) in [6.07, 6.45) is 3.75. The molecule has 4 N–H and O–H groups in total. The van der Waals surface area contributed by atoms with Crippen LogP contribution in [-0.4, -0.2) is 29.7 Å². The number of rotatable bonds is 5. The molecule has 0 aliphatic heterocycles. The summed E-state index contributed by atoms with van der Waals surface area (Å²) in [5, 5.41) is 12.1. The molecule has 0 aromatic heterocycles. The van der Waals surface area contributed by atoms with E-state index in [0.29, 0.717) is 12.3 Å². The van der Waals surface area contributed by atoms with Gasteiger partial charge in [0.25, 0.3) is 0 Å². The van der Waals surface area contributed by atoms with Gasteiger partial charge in [-0.05, 0) is 25.2 Å². The quantitative estimate of drug-likeness (QED) is 0.646. The van der Waals surface area contributed by atoms with Crippen molar-refractivity contribution in [3.8, 4) is 0 Å². The molecule has 0 bridgehead atoms. The molecule has 0 radical (unpaired) electrons. The van der Waals surface area contributed by atoms with Crippen LogP contribution in [0.1, 0.15) is 39.5 Å². The summed E-state index contributed by atoms with van der Waals surface area (Å²) in [6, 6.07) is -0.296. The van der Waals surface area contributed by atoms with Crippen LogP contribution in [0.3, 0.4) is 0 Å². The standard InChI is InChI=1S/C12H24N2O2/c1-8(2)6-10(13)12(16)14-11-5-3-4-9(11)7-15/h8-11,15H,3-7,13H2,1-2H3,(H,14,16)/t9?,10-,11?/m1/s1. The van der Waals surface area contributed by atoms with Gasteiger partial charge >= 0.3 is 0 Å². The third-order valence-electron chi connectivity index (χ3n) is 3.28. The van der Waals surface area contributed by atoms with Gasteiger partial charge in [0.05, 0.1) is 6.04 Å². The Morgan fingerprint density at radius 2 is 2.19 bits per heavy atom. The zero-order chi connectivity index (χ0) is 12.1. The van der Waals surface area contributed by atoms with Crippen molar-refractivity contribution in [3.05, 3.63) is 0 Å². The highest BCUT2D eigenvalue weighted by Crippen LogP contribution is 2.25. The van der Waals surface area contributed by atoms with Gasteiger partial charge < -0.3 is 16.2 Å². The lowest BCUT2D eigenvalue weighted by Gasteiger charge is -2.22. The molecule has 94 valence electrons. The van der Waals surface area contributed by atoms with E-state index in [1.807, 2.05) is 0 Å². The molecule has 3 atom stereocenters. The first-order valence-electron chi connectivity index (χ1n) is 6.21. The highest BCUT2D eigenvalue weighted by atomic mass is 16.3. The second-order valence-electron chi connectivity index (χ2n) is 5.22. The van der Waals surface area contributed by atoms with E-state index in [9.17, 15) is 4.79 Å². The SMILES string of the molecule is CC(C)C[C@@H](N)C(=O)NC1CCCC1CO. The summed E-state index contributed by atoms with van der Waals surface area (Å²) in [5.74, 6) is 0.576. The molecular formula is C12H24N2O2. The molecule has 0 saturated heterocycles. The molecule has 1 saturated carbocycles.